The zero-order valence-corrected chi connectivity index (χ0v) is 14.4. The van der Waals surface area contributed by atoms with Crippen molar-refractivity contribution in [3.8, 4) is 11.5 Å². The Hall–Kier alpha value is -1.46. The highest BCUT2D eigenvalue weighted by Crippen LogP contribution is 2.36. The summed E-state index contributed by atoms with van der Waals surface area (Å²) in [4.78, 5) is 12.7. The van der Waals surface area contributed by atoms with Crippen LogP contribution in [0, 0.1) is 5.92 Å². The minimum atomic E-state index is -0.641. The summed E-state index contributed by atoms with van der Waals surface area (Å²) in [7, 11) is 0. The lowest BCUT2D eigenvalue weighted by molar-refractivity contribution is -0.126. The van der Waals surface area contributed by atoms with E-state index in [2.05, 4.69) is 5.32 Å². The molecule has 1 aliphatic carbocycles. The van der Waals surface area contributed by atoms with Crippen LogP contribution in [0.3, 0.4) is 0 Å². The molecule has 1 heterocycles. The number of hydrogen-bond donors (Lipinski definition) is 2. The number of nitrogens with one attached hydrogen (secondary N) is 1. The van der Waals surface area contributed by atoms with Gasteiger partial charge in [0.2, 0.25) is 5.91 Å². The summed E-state index contributed by atoms with van der Waals surface area (Å²) in [5.41, 5.74) is 6.06. The van der Waals surface area contributed by atoms with Gasteiger partial charge in [0.15, 0.2) is 11.5 Å². The molecular formula is C17H25ClN2O3. The van der Waals surface area contributed by atoms with Crippen LogP contribution in [0.5, 0.6) is 11.5 Å². The molecule has 1 aliphatic heterocycles. The molecule has 0 aromatic heterocycles. The van der Waals surface area contributed by atoms with E-state index in [1.807, 2.05) is 32.0 Å². The lowest BCUT2D eigenvalue weighted by Crippen LogP contribution is -2.48. The van der Waals surface area contributed by atoms with E-state index >= 15 is 0 Å². The quantitative estimate of drug-likeness (QED) is 0.860. The zero-order valence-electron chi connectivity index (χ0n) is 13.6. The molecule has 0 saturated heterocycles. The summed E-state index contributed by atoms with van der Waals surface area (Å²) < 4.78 is 11.1. The highest BCUT2D eigenvalue weighted by atomic mass is 35.5. The molecular weight excluding hydrogens is 316 g/mol. The fourth-order valence-corrected chi connectivity index (χ4v) is 2.78. The Bertz CT molecular complexity index is 573. The number of ether oxygens (including phenoxy) is 2. The van der Waals surface area contributed by atoms with Crippen LogP contribution < -0.4 is 20.5 Å². The summed E-state index contributed by atoms with van der Waals surface area (Å²) in [6.07, 6.45) is 2.32. The van der Waals surface area contributed by atoms with Gasteiger partial charge in [0.05, 0.1) is 5.41 Å². The maximum Gasteiger partial charge on any atom is 0.230 e. The summed E-state index contributed by atoms with van der Waals surface area (Å²) in [6, 6.07) is 5.80. The van der Waals surface area contributed by atoms with Gasteiger partial charge in [-0.05, 0) is 50.3 Å². The van der Waals surface area contributed by atoms with Gasteiger partial charge in [-0.3, -0.25) is 4.79 Å². The Morgan fingerprint density at radius 3 is 2.57 bits per heavy atom. The minimum Gasteiger partial charge on any atom is -0.486 e. The number of benzene rings is 1. The summed E-state index contributed by atoms with van der Waals surface area (Å²) in [5, 5.41) is 3.11. The third kappa shape index (κ3) is 3.72. The number of fused-ring (bicyclic) bond motifs is 1. The first-order valence-corrected chi connectivity index (χ1v) is 7.93. The molecule has 23 heavy (non-hydrogen) atoms. The molecule has 0 radical (unpaired) electrons. The van der Waals surface area contributed by atoms with Crippen LogP contribution in [-0.4, -0.2) is 31.7 Å². The van der Waals surface area contributed by atoms with Gasteiger partial charge in [-0.2, -0.15) is 0 Å². The third-order valence-corrected chi connectivity index (χ3v) is 4.59. The van der Waals surface area contributed by atoms with E-state index in [1.54, 1.807) is 0 Å². The van der Waals surface area contributed by atoms with Crippen LogP contribution in [0.25, 0.3) is 0 Å². The molecule has 2 aliphatic rings. The molecule has 3 N–H and O–H groups in total. The van der Waals surface area contributed by atoms with Crippen molar-refractivity contribution in [2.24, 2.45) is 11.7 Å². The Morgan fingerprint density at radius 1 is 1.30 bits per heavy atom. The molecule has 3 rings (SSSR count). The summed E-state index contributed by atoms with van der Waals surface area (Å²) in [6.45, 7) is 5.45. The molecule has 1 unspecified atom stereocenters. The first kappa shape index (κ1) is 17.9. The lowest BCUT2D eigenvalue weighted by Gasteiger charge is -2.29. The first-order valence-electron chi connectivity index (χ1n) is 7.93. The van der Waals surface area contributed by atoms with E-state index in [0.717, 1.165) is 24.2 Å². The number of carbonyl (C=O) groups is 1. The lowest BCUT2D eigenvalue weighted by atomic mass is 9.83. The molecule has 5 nitrogen and oxygen atoms in total. The van der Waals surface area contributed by atoms with Crippen molar-refractivity contribution >= 4 is 18.3 Å². The van der Waals surface area contributed by atoms with Crippen molar-refractivity contribution < 1.29 is 14.3 Å². The molecule has 1 amide bonds. The monoisotopic (exact) mass is 340 g/mol. The number of nitrogens with two attached hydrogens (primary N) is 1. The number of halogens is 1. The maximum atomic E-state index is 12.7. The zero-order chi connectivity index (χ0) is 15.7. The van der Waals surface area contributed by atoms with Gasteiger partial charge < -0.3 is 20.5 Å². The standard InChI is InChI=1S/C17H24N2O3.ClH/c1-17(2,16(20)19-13(10-18)11-3-4-11)12-5-6-14-15(9-12)22-8-7-21-14;/h5-6,9,11,13H,3-4,7-8,10,18H2,1-2H3,(H,19,20);1H. The number of rotatable bonds is 5. The van der Waals surface area contributed by atoms with E-state index in [1.165, 1.54) is 0 Å². The Kier molecular flexibility index (Phi) is 5.42. The van der Waals surface area contributed by atoms with E-state index < -0.39 is 5.41 Å². The average Bonchev–Trinajstić information content (AvgIpc) is 3.36. The van der Waals surface area contributed by atoms with E-state index in [0.29, 0.717) is 31.4 Å². The highest BCUT2D eigenvalue weighted by molar-refractivity contribution is 5.87. The smallest absolute Gasteiger partial charge is 0.230 e. The van der Waals surface area contributed by atoms with Crippen LogP contribution in [0.15, 0.2) is 18.2 Å². The van der Waals surface area contributed by atoms with Crippen molar-refractivity contribution in [2.75, 3.05) is 19.8 Å². The highest BCUT2D eigenvalue weighted by Gasteiger charge is 2.36. The number of amides is 1. The maximum absolute atomic E-state index is 12.7. The fraction of sp³-hybridized carbons (Fsp3) is 0.588. The minimum absolute atomic E-state index is 0. The molecule has 0 spiro atoms. The second kappa shape index (κ2) is 6.97. The van der Waals surface area contributed by atoms with Crippen molar-refractivity contribution in [1.82, 2.24) is 5.32 Å². The van der Waals surface area contributed by atoms with Crippen molar-refractivity contribution in [2.45, 2.75) is 38.1 Å². The van der Waals surface area contributed by atoms with Crippen LogP contribution in [0.2, 0.25) is 0 Å². The molecule has 1 fully saturated rings. The van der Waals surface area contributed by atoms with Crippen LogP contribution in [-0.2, 0) is 10.2 Å². The van der Waals surface area contributed by atoms with Gasteiger partial charge in [0.1, 0.15) is 13.2 Å². The summed E-state index contributed by atoms with van der Waals surface area (Å²) >= 11 is 0. The van der Waals surface area contributed by atoms with E-state index in [-0.39, 0.29) is 24.4 Å². The van der Waals surface area contributed by atoms with Gasteiger partial charge in [0, 0.05) is 12.6 Å². The Morgan fingerprint density at radius 2 is 1.96 bits per heavy atom. The fourth-order valence-electron chi connectivity index (χ4n) is 2.78. The second-order valence-electron chi connectivity index (χ2n) is 6.64. The first-order chi connectivity index (χ1) is 10.5. The molecule has 1 atom stereocenters. The van der Waals surface area contributed by atoms with Crippen molar-refractivity contribution in [1.29, 1.82) is 0 Å². The topological polar surface area (TPSA) is 73.6 Å². The van der Waals surface area contributed by atoms with Crippen LogP contribution >= 0.6 is 12.4 Å². The van der Waals surface area contributed by atoms with Gasteiger partial charge in [-0.1, -0.05) is 6.07 Å². The number of hydrogen-bond acceptors (Lipinski definition) is 4. The molecule has 128 valence electrons. The SMILES string of the molecule is CC(C)(C(=O)NC(CN)C1CC1)c1ccc2c(c1)OCCO2.Cl. The summed E-state index contributed by atoms with van der Waals surface area (Å²) in [5.74, 6) is 2.00. The van der Waals surface area contributed by atoms with E-state index in [4.69, 9.17) is 15.2 Å². The van der Waals surface area contributed by atoms with Crippen molar-refractivity contribution in [3.63, 3.8) is 0 Å². The number of carbonyl (C=O) groups excluding carboxylic acids is 1. The molecule has 6 heteroatoms. The average molecular weight is 341 g/mol. The third-order valence-electron chi connectivity index (χ3n) is 4.59. The van der Waals surface area contributed by atoms with Gasteiger partial charge in [-0.15, -0.1) is 12.4 Å². The molecule has 0 bridgehead atoms. The van der Waals surface area contributed by atoms with Gasteiger partial charge in [0.25, 0.3) is 0 Å². The van der Waals surface area contributed by atoms with Crippen molar-refractivity contribution in [3.05, 3.63) is 23.8 Å². The molecule has 1 saturated carbocycles. The van der Waals surface area contributed by atoms with Crippen LogP contribution in [0.4, 0.5) is 0 Å². The largest absolute Gasteiger partial charge is 0.486 e. The predicted octanol–water partition coefficient (Wildman–Crippen LogP) is 2.01. The Balaban J connectivity index is 0.00000192. The molecule has 1 aromatic carbocycles. The Labute approximate surface area is 143 Å². The second-order valence-corrected chi connectivity index (χ2v) is 6.64. The normalized spacial score (nSPS) is 17.9. The van der Waals surface area contributed by atoms with E-state index in [9.17, 15) is 4.79 Å². The van der Waals surface area contributed by atoms with Crippen LogP contribution in [0.1, 0.15) is 32.3 Å². The predicted molar refractivity (Wildman–Crippen MR) is 91.4 cm³/mol. The van der Waals surface area contributed by atoms with Gasteiger partial charge >= 0.3 is 0 Å². The molecule has 1 aromatic rings. The van der Waals surface area contributed by atoms with Gasteiger partial charge in [-0.25, -0.2) is 0 Å².